The summed E-state index contributed by atoms with van der Waals surface area (Å²) in [5, 5.41) is 3.51. The average Bonchev–Trinajstić information content (AvgIpc) is 2.45. The van der Waals surface area contributed by atoms with Gasteiger partial charge in [0.2, 0.25) is 0 Å². The van der Waals surface area contributed by atoms with Crippen LogP contribution in [0.25, 0.3) is 0 Å². The minimum absolute atomic E-state index is 0.506. The quantitative estimate of drug-likeness (QED) is 0.892. The van der Waals surface area contributed by atoms with E-state index in [1.807, 2.05) is 12.4 Å². The van der Waals surface area contributed by atoms with E-state index in [1.165, 1.54) is 11.3 Å². The van der Waals surface area contributed by atoms with Gasteiger partial charge in [-0.3, -0.25) is 9.88 Å². The van der Waals surface area contributed by atoms with Crippen molar-refractivity contribution in [1.82, 2.24) is 15.2 Å². The van der Waals surface area contributed by atoms with Gasteiger partial charge in [-0.1, -0.05) is 20.8 Å². The van der Waals surface area contributed by atoms with Crippen molar-refractivity contribution in [3.05, 3.63) is 24.0 Å². The normalized spacial score (nSPS) is 20.6. The van der Waals surface area contributed by atoms with Gasteiger partial charge < -0.3 is 10.2 Å². The van der Waals surface area contributed by atoms with Crippen molar-refractivity contribution in [1.29, 1.82) is 0 Å². The Morgan fingerprint density at radius 1 is 1.40 bits per heavy atom. The van der Waals surface area contributed by atoms with Crippen molar-refractivity contribution >= 4 is 5.69 Å². The minimum Gasteiger partial charge on any atom is -0.367 e. The lowest BCUT2D eigenvalue weighted by Crippen LogP contribution is -2.52. The largest absolute Gasteiger partial charge is 0.367 e. The van der Waals surface area contributed by atoms with E-state index in [2.05, 4.69) is 53.9 Å². The summed E-state index contributed by atoms with van der Waals surface area (Å²) in [6, 6.07) is 3.26. The van der Waals surface area contributed by atoms with Crippen LogP contribution in [0.15, 0.2) is 18.5 Å². The Bertz CT molecular complexity index is 419. The Hall–Kier alpha value is -1.13. The van der Waals surface area contributed by atoms with E-state index in [1.54, 1.807) is 0 Å². The molecule has 0 bridgehead atoms. The molecule has 1 aliphatic rings. The predicted molar refractivity (Wildman–Crippen MR) is 85.1 cm³/mol. The molecule has 2 heterocycles. The van der Waals surface area contributed by atoms with Gasteiger partial charge >= 0.3 is 0 Å². The monoisotopic (exact) mass is 276 g/mol. The first kappa shape index (κ1) is 15.3. The van der Waals surface area contributed by atoms with E-state index >= 15 is 0 Å². The molecule has 2 rings (SSSR count). The maximum atomic E-state index is 4.33. The fraction of sp³-hybridized carbons (Fsp3) is 0.688. The lowest BCUT2D eigenvalue weighted by molar-refractivity contribution is 0.199. The lowest BCUT2D eigenvalue weighted by atomic mass is 10.1. The molecule has 1 aromatic rings. The number of pyridine rings is 1. The summed E-state index contributed by atoms with van der Waals surface area (Å²) >= 11 is 0. The molecule has 0 saturated carbocycles. The van der Waals surface area contributed by atoms with E-state index < -0.39 is 0 Å². The predicted octanol–water partition coefficient (Wildman–Crippen LogP) is 2.11. The molecule has 0 aromatic carbocycles. The van der Waals surface area contributed by atoms with Crippen LogP contribution in [0.2, 0.25) is 0 Å². The fourth-order valence-electron chi connectivity index (χ4n) is 2.85. The highest BCUT2D eigenvalue weighted by Crippen LogP contribution is 2.22. The Labute approximate surface area is 123 Å². The first-order valence-electron chi connectivity index (χ1n) is 7.77. The summed E-state index contributed by atoms with van der Waals surface area (Å²) in [5.41, 5.74) is 2.65. The van der Waals surface area contributed by atoms with Gasteiger partial charge in [-0.05, 0) is 25.1 Å². The van der Waals surface area contributed by atoms with E-state index in [0.29, 0.717) is 12.1 Å². The number of hydrogen-bond acceptors (Lipinski definition) is 4. The van der Waals surface area contributed by atoms with Crippen molar-refractivity contribution < 1.29 is 0 Å². The number of nitrogens with zero attached hydrogens (tertiary/aromatic N) is 3. The fourth-order valence-corrected chi connectivity index (χ4v) is 2.85. The first-order valence-corrected chi connectivity index (χ1v) is 7.77. The minimum atomic E-state index is 0.506. The molecule has 0 amide bonds. The number of rotatable bonds is 5. The molecule has 1 aromatic heterocycles. The molecule has 0 aliphatic carbocycles. The maximum Gasteiger partial charge on any atom is 0.0599 e. The van der Waals surface area contributed by atoms with E-state index in [9.17, 15) is 0 Å². The molecule has 20 heavy (non-hydrogen) atoms. The van der Waals surface area contributed by atoms with Gasteiger partial charge in [0.05, 0.1) is 11.9 Å². The molecule has 1 fully saturated rings. The molecule has 1 saturated heterocycles. The highest BCUT2D eigenvalue weighted by molar-refractivity contribution is 5.52. The van der Waals surface area contributed by atoms with Crippen LogP contribution in [0, 0.1) is 0 Å². The molecular formula is C16H28N4. The van der Waals surface area contributed by atoms with Crippen LogP contribution in [-0.4, -0.2) is 48.1 Å². The van der Waals surface area contributed by atoms with Gasteiger partial charge in [0.15, 0.2) is 0 Å². The summed E-state index contributed by atoms with van der Waals surface area (Å²) < 4.78 is 0. The SMILES string of the molecule is CCN1CCN(c2cnccc2CNC(C)C)CC1C. The second-order valence-corrected chi connectivity index (χ2v) is 5.96. The third-order valence-electron chi connectivity index (χ3n) is 4.10. The number of hydrogen-bond donors (Lipinski definition) is 1. The zero-order valence-electron chi connectivity index (χ0n) is 13.3. The molecule has 1 unspecified atom stereocenters. The van der Waals surface area contributed by atoms with Crippen molar-refractivity contribution in [2.75, 3.05) is 31.1 Å². The van der Waals surface area contributed by atoms with Gasteiger partial charge in [-0.2, -0.15) is 0 Å². The standard InChI is InChI=1S/C16H28N4/c1-5-19-8-9-20(12-14(19)4)16-11-17-7-6-15(16)10-18-13(2)3/h6-7,11,13-14,18H,5,8-10,12H2,1-4H3. The van der Waals surface area contributed by atoms with Crippen molar-refractivity contribution in [2.24, 2.45) is 0 Å². The van der Waals surface area contributed by atoms with Crippen LogP contribution in [0.3, 0.4) is 0 Å². The number of nitrogens with one attached hydrogen (secondary N) is 1. The summed E-state index contributed by atoms with van der Waals surface area (Å²) in [6.45, 7) is 14.3. The Balaban J connectivity index is 2.08. The van der Waals surface area contributed by atoms with Crippen LogP contribution in [0.5, 0.6) is 0 Å². The van der Waals surface area contributed by atoms with E-state index in [0.717, 1.165) is 32.7 Å². The Morgan fingerprint density at radius 3 is 2.85 bits per heavy atom. The van der Waals surface area contributed by atoms with Gasteiger partial charge in [0, 0.05) is 44.5 Å². The Morgan fingerprint density at radius 2 is 2.20 bits per heavy atom. The number of likely N-dealkylation sites (N-methyl/N-ethyl adjacent to an activating group) is 1. The summed E-state index contributed by atoms with van der Waals surface area (Å²) in [6.07, 6.45) is 3.91. The van der Waals surface area contributed by atoms with E-state index in [-0.39, 0.29) is 0 Å². The summed E-state index contributed by atoms with van der Waals surface area (Å²) in [4.78, 5) is 9.36. The summed E-state index contributed by atoms with van der Waals surface area (Å²) in [7, 11) is 0. The number of anilines is 1. The lowest BCUT2D eigenvalue weighted by Gasteiger charge is -2.41. The van der Waals surface area contributed by atoms with Crippen LogP contribution in [0.1, 0.15) is 33.3 Å². The molecule has 112 valence electrons. The highest BCUT2D eigenvalue weighted by Gasteiger charge is 2.23. The third-order valence-corrected chi connectivity index (χ3v) is 4.10. The molecule has 1 aliphatic heterocycles. The zero-order valence-corrected chi connectivity index (χ0v) is 13.3. The number of piperazine rings is 1. The molecule has 1 atom stereocenters. The molecule has 0 radical (unpaired) electrons. The van der Waals surface area contributed by atoms with Crippen LogP contribution < -0.4 is 10.2 Å². The van der Waals surface area contributed by atoms with Crippen molar-refractivity contribution in [3.63, 3.8) is 0 Å². The molecule has 4 heteroatoms. The highest BCUT2D eigenvalue weighted by atomic mass is 15.3. The molecule has 0 spiro atoms. The summed E-state index contributed by atoms with van der Waals surface area (Å²) in [5.74, 6) is 0. The smallest absolute Gasteiger partial charge is 0.0599 e. The van der Waals surface area contributed by atoms with Gasteiger partial charge in [0.25, 0.3) is 0 Å². The van der Waals surface area contributed by atoms with Gasteiger partial charge in [-0.15, -0.1) is 0 Å². The molecule has 4 nitrogen and oxygen atoms in total. The molecule has 1 N–H and O–H groups in total. The van der Waals surface area contributed by atoms with Crippen molar-refractivity contribution in [3.8, 4) is 0 Å². The second-order valence-electron chi connectivity index (χ2n) is 5.96. The molecular weight excluding hydrogens is 248 g/mol. The maximum absolute atomic E-state index is 4.33. The van der Waals surface area contributed by atoms with Gasteiger partial charge in [-0.25, -0.2) is 0 Å². The van der Waals surface area contributed by atoms with Crippen LogP contribution in [0.4, 0.5) is 5.69 Å². The Kier molecular flexibility index (Phi) is 5.38. The van der Waals surface area contributed by atoms with Gasteiger partial charge in [0.1, 0.15) is 0 Å². The second kappa shape index (κ2) is 7.04. The van der Waals surface area contributed by atoms with Crippen molar-refractivity contribution in [2.45, 2.75) is 46.3 Å². The third kappa shape index (κ3) is 3.70. The van der Waals surface area contributed by atoms with Crippen LogP contribution in [-0.2, 0) is 6.54 Å². The number of aromatic nitrogens is 1. The topological polar surface area (TPSA) is 31.4 Å². The van der Waals surface area contributed by atoms with E-state index in [4.69, 9.17) is 0 Å². The first-order chi connectivity index (χ1) is 9.61. The average molecular weight is 276 g/mol. The zero-order chi connectivity index (χ0) is 14.5. The van der Waals surface area contributed by atoms with Crippen LogP contribution >= 0.6 is 0 Å².